The Morgan fingerprint density at radius 2 is 1.83 bits per heavy atom. The number of alkyl halides is 3. The third-order valence-electron chi connectivity index (χ3n) is 5.60. The number of hydrogen-bond acceptors (Lipinski definition) is 5. The summed E-state index contributed by atoms with van der Waals surface area (Å²) in [6.45, 7) is 6.10. The van der Waals surface area contributed by atoms with Crippen LogP contribution in [0, 0.1) is 0 Å². The van der Waals surface area contributed by atoms with Gasteiger partial charge in [-0.2, -0.15) is 13.2 Å². The van der Waals surface area contributed by atoms with E-state index in [9.17, 15) is 18.0 Å². The minimum Gasteiger partial charge on any atom is -0.493 e. The molecule has 0 saturated heterocycles. The Bertz CT molecular complexity index is 1340. The number of carboxylic acid groups (broad SMARTS) is 1. The van der Waals surface area contributed by atoms with Gasteiger partial charge in [0.1, 0.15) is 17.1 Å². The Hall–Kier alpha value is -3.75. The number of benzene rings is 2. The lowest BCUT2D eigenvalue weighted by atomic mass is 10.0. The van der Waals surface area contributed by atoms with Crippen molar-refractivity contribution in [3.63, 3.8) is 0 Å². The molecule has 35 heavy (non-hydrogen) atoms. The second-order valence-electron chi connectivity index (χ2n) is 8.70. The Morgan fingerprint density at radius 3 is 2.46 bits per heavy atom. The molecule has 0 aliphatic carbocycles. The SMILES string of the molecule is CC(C)c1nc(-c2ccc(C(F)(F)F)cc2)oc1C(C)COc1ccc2c(CC(=O)O)coc2c1. The van der Waals surface area contributed by atoms with Crippen LogP contribution in [0.5, 0.6) is 5.75 Å². The summed E-state index contributed by atoms with van der Waals surface area (Å²) in [4.78, 5) is 15.5. The van der Waals surface area contributed by atoms with Crippen molar-refractivity contribution in [3.8, 4) is 17.2 Å². The zero-order valence-corrected chi connectivity index (χ0v) is 19.3. The third kappa shape index (κ3) is 5.34. The predicted octanol–water partition coefficient (Wildman–Crippen LogP) is 7.04. The molecule has 0 amide bonds. The van der Waals surface area contributed by atoms with Crippen LogP contribution in [0.15, 0.2) is 57.6 Å². The van der Waals surface area contributed by atoms with Crippen LogP contribution in [0.25, 0.3) is 22.4 Å². The lowest BCUT2D eigenvalue weighted by Gasteiger charge is -2.13. The molecule has 1 unspecified atom stereocenters. The molecule has 2 aromatic carbocycles. The van der Waals surface area contributed by atoms with E-state index in [-0.39, 0.29) is 30.8 Å². The van der Waals surface area contributed by atoms with Crippen molar-refractivity contribution in [2.75, 3.05) is 6.61 Å². The van der Waals surface area contributed by atoms with Gasteiger partial charge in [0.25, 0.3) is 0 Å². The van der Waals surface area contributed by atoms with Gasteiger partial charge in [-0.1, -0.05) is 20.8 Å². The first-order valence-electron chi connectivity index (χ1n) is 11.1. The summed E-state index contributed by atoms with van der Waals surface area (Å²) < 4.78 is 56.1. The first kappa shape index (κ1) is 24.4. The monoisotopic (exact) mass is 487 g/mol. The quantitative estimate of drug-likeness (QED) is 0.287. The molecule has 4 aromatic rings. The maximum absolute atomic E-state index is 12.9. The molecule has 6 nitrogen and oxygen atoms in total. The smallest absolute Gasteiger partial charge is 0.416 e. The van der Waals surface area contributed by atoms with Crippen LogP contribution in [-0.2, 0) is 17.4 Å². The first-order chi connectivity index (χ1) is 16.5. The van der Waals surface area contributed by atoms with E-state index in [1.54, 1.807) is 18.2 Å². The zero-order valence-electron chi connectivity index (χ0n) is 19.3. The molecule has 2 heterocycles. The van der Waals surface area contributed by atoms with Crippen molar-refractivity contribution in [2.45, 2.75) is 45.2 Å². The molecule has 0 spiro atoms. The molecule has 0 radical (unpaired) electrons. The summed E-state index contributed by atoms with van der Waals surface area (Å²) in [5, 5.41) is 9.72. The maximum atomic E-state index is 12.9. The normalized spacial score (nSPS) is 12.9. The molecule has 1 N–H and O–H groups in total. The van der Waals surface area contributed by atoms with Crippen molar-refractivity contribution in [2.24, 2.45) is 0 Å². The van der Waals surface area contributed by atoms with Gasteiger partial charge in [0.05, 0.1) is 36.5 Å². The highest BCUT2D eigenvalue weighted by atomic mass is 19.4. The van der Waals surface area contributed by atoms with Crippen LogP contribution in [0.3, 0.4) is 0 Å². The van der Waals surface area contributed by atoms with Crippen LogP contribution in [-0.4, -0.2) is 22.7 Å². The first-order valence-corrected chi connectivity index (χ1v) is 11.1. The largest absolute Gasteiger partial charge is 0.493 e. The summed E-state index contributed by atoms with van der Waals surface area (Å²) in [6, 6.07) is 9.91. The summed E-state index contributed by atoms with van der Waals surface area (Å²) in [5.74, 6) is 0.314. The molecule has 2 aromatic heterocycles. The van der Waals surface area contributed by atoms with E-state index in [1.165, 1.54) is 18.4 Å². The van der Waals surface area contributed by atoms with E-state index >= 15 is 0 Å². The number of rotatable bonds is 8. The summed E-state index contributed by atoms with van der Waals surface area (Å²) in [5.41, 5.74) is 1.56. The lowest BCUT2D eigenvalue weighted by molar-refractivity contribution is -0.138. The number of halogens is 3. The number of aromatic nitrogens is 1. The molecule has 0 bridgehead atoms. The topological polar surface area (TPSA) is 85.7 Å². The van der Waals surface area contributed by atoms with E-state index in [4.69, 9.17) is 18.7 Å². The van der Waals surface area contributed by atoms with Gasteiger partial charge in [-0.25, -0.2) is 4.98 Å². The standard InChI is InChI=1S/C26H24F3NO5/c1-14(2)23-24(35-25(30-23)16-4-6-18(7-5-16)26(27,28)29)15(3)12-33-19-8-9-20-17(10-22(31)32)13-34-21(20)11-19/h4-9,11,13-15H,10,12H2,1-3H3,(H,31,32). The molecule has 1 atom stereocenters. The highest BCUT2D eigenvalue weighted by Crippen LogP contribution is 2.34. The number of fused-ring (bicyclic) bond motifs is 1. The fourth-order valence-electron chi connectivity index (χ4n) is 3.79. The number of ether oxygens (including phenoxy) is 1. The van der Waals surface area contributed by atoms with E-state index in [0.29, 0.717) is 33.6 Å². The number of hydrogen-bond donors (Lipinski definition) is 1. The molecule has 9 heteroatoms. The number of aliphatic carboxylic acids is 1. The Morgan fingerprint density at radius 1 is 1.11 bits per heavy atom. The number of nitrogens with zero attached hydrogens (tertiary/aromatic N) is 1. The molecular weight excluding hydrogens is 463 g/mol. The fraction of sp³-hybridized carbons (Fsp3) is 0.308. The molecular formula is C26H24F3NO5. The lowest BCUT2D eigenvalue weighted by Crippen LogP contribution is -2.09. The van der Waals surface area contributed by atoms with Gasteiger partial charge >= 0.3 is 12.1 Å². The van der Waals surface area contributed by atoms with Gasteiger partial charge in [-0.3, -0.25) is 4.79 Å². The number of carbonyl (C=O) groups is 1. The van der Waals surface area contributed by atoms with Crippen molar-refractivity contribution < 1.29 is 36.6 Å². The maximum Gasteiger partial charge on any atom is 0.416 e. The highest BCUT2D eigenvalue weighted by molar-refractivity contribution is 5.86. The Kier molecular flexibility index (Phi) is 6.60. The molecule has 0 aliphatic rings. The third-order valence-corrected chi connectivity index (χ3v) is 5.60. The molecule has 0 fully saturated rings. The number of oxazole rings is 1. The summed E-state index contributed by atoms with van der Waals surface area (Å²) in [7, 11) is 0. The van der Waals surface area contributed by atoms with Crippen LogP contribution >= 0.6 is 0 Å². The number of furan rings is 1. The van der Waals surface area contributed by atoms with Crippen LogP contribution in [0.4, 0.5) is 13.2 Å². The van der Waals surface area contributed by atoms with Gasteiger partial charge in [0, 0.05) is 22.6 Å². The van der Waals surface area contributed by atoms with E-state index in [0.717, 1.165) is 17.8 Å². The van der Waals surface area contributed by atoms with Gasteiger partial charge < -0.3 is 18.7 Å². The zero-order chi connectivity index (χ0) is 25.3. The van der Waals surface area contributed by atoms with Crippen LogP contribution in [0.1, 0.15) is 55.2 Å². The fourth-order valence-corrected chi connectivity index (χ4v) is 3.79. The summed E-state index contributed by atoms with van der Waals surface area (Å²) in [6.07, 6.45) is -3.11. The second-order valence-corrected chi connectivity index (χ2v) is 8.70. The van der Waals surface area contributed by atoms with Crippen molar-refractivity contribution in [3.05, 3.63) is 71.3 Å². The second kappa shape index (κ2) is 9.48. The minimum absolute atomic E-state index is 0.0338. The Balaban J connectivity index is 1.51. The van der Waals surface area contributed by atoms with Crippen molar-refractivity contribution in [1.29, 1.82) is 0 Å². The van der Waals surface area contributed by atoms with Crippen LogP contribution in [0.2, 0.25) is 0 Å². The molecule has 184 valence electrons. The highest BCUT2D eigenvalue weighted by Gasteiger charge is 2.30. The molecule has 0 aliphatic heterocycles. The minimum atomic E-state index is -4.41. The van der Waals surface area contributed by atoms with E-state index < -0.39 is 17.7 Å². The van der Waals surface area contributed by atoms with E-state index in [1.807, 2.05) is 20.8 Å². The van der Waals surface area contributed by atoms with Crippen molar-refractivity contribution >= 4 is 16.9 Å². The van der Waals surface area contributed by atoms with Gasteiger partial charge in [-0.15, -0.1) is 0 Å². The van der Waals surface area contributed by atoms with Gasteiger partial charge in [0.2, 0.25) is 5.89 Å². The van der Waals surface area contributed by atoms with Gasteiger partial charge in [-0.05, 0) is 42.3 Å². The average molecular weight is 487 g/mol. The average Bonchev–Trinajstić information content (AvgIpc) is 3.41. The van der Waals surface area contributed by atoms with Crippen LogP contribution < -0.4 is 4.74 Å². The Labute approximate surface area is 199 Å². The predicted molar refractivity (Wildman–Crippen MR) is 122 cm³/mol. The van der Waals surface area contributed by atoms with E-state index in [2.05, 4.69) is 4.98 Å². The molecule has 4 rings (SSSR count). The molecule has 0 saturated carbocycles. The van der Waals surface area contributed by atoms with Crippen molar-refractivity contribution in [1.82, 2.24) is 4.98 Å². The summed E-state index contributed by atoms with van der Waals surface area (Å²) >= 11 is 0. The number of carboxylic acids is 1. The van der Waals surface area contributed by atoms with Gasteiger partial charge in [0.15, 0.2) is 0 Å².